The first-order valence-corrected chi connectivity index (χ1v) is 9.95. The van der Waals surface area contributed by atoms with E-state index in [0.717, 1.165) is 6.42 Å². The molecule has 0 spiro atoms. The maximum Gasteiger partial charge on any atom is 0.317 e. The fourth-order valence-electron chi connectivity index (χ4n) is 3.09. The van der Waals surface area contributed by atoms with Crippen LogP contribution < -0.4 is 5.32 Å². The molecule has 1 fully saturated rings. The summed E-state index contributed by atoms with van der Waals surface area (Å²) in [4.78, 5) is 13.8. The van der Waals surface area contributed by atoms with E-state index < -0.39 is 9.84 Å². The second-order valence-corrected chi connectivity index (χ2v) is 8.59. The van der Waals surface area contributed by atoms with Crippen LogP contribution >= 0.6 is 0 Å². The van der Waals surface area contributed by atoms with Gasteiger partial charge in [-0.1, -0.05) is 42.5 Å². The van der Waals surface area contributed by atoms with Crippen molar-refractivity contribution in [2.45, 2.75) is 18.9 Å². The summed E-state index contributed by atoms with van der Waals surface area (Å²) in [5.41, 5.74) is 1.20. The molecule has 0 unspecified atom stereocenters. The standard InChI is InChI=1S/C18H22N2O3S/c1-20(18(21)19-16-10-12-24(22,23)13-16)11-9-15-7-4-6-14-5-2-3-8-17(14)15/h2-8,16H,9-13H2,1H3,(H,19,21)/t16-/m1/s1. The minimum Gasteiger partial charge on any atom is -0.334 e. The summed E-state index contributed by atoms with van der Waals surface area (Å²) in [5, 5.41) is 5.21. The smallest absolute Gasteiger partial charge is 0.317 e. The average molecular weight is 346 g/mol. The molecule has 128 valence electrons. The Hall–Kier alpha value is -2.08. The van der Waals surface area contributed by atoms with E-state index in [1.54, 1.807) is 11.9 Å². The van der Waals surface area contributed by atoms with Crippen molar-refractivity contribution >= 4 is 26.6 Å². The molecule has 5 nitrogen and oxygen atoms in total. The number of nitrogens with one attached hydrogen (secondary N) is 1. The van der Waals surface area contributed by atoms with Gasteiger partial charge >= 0.3 is 6.03 Å². The van der Waals surface area contributed by atoms with Gasteiger partial charge in [-0.15, -0.1) is 0 Å². The van der Waals surface area contributed by atoms with Gasteiger partial charge in [0.15, 0.2) is 9.84 Å². The Kier molecular flexibility index (Phi) is 4.76. The Labute approximate surface area is 142 Å². The first-order chi connectivity index (χ1) is 11.4. The Balaban J connectivity index is 1.58. The largest absolute Gasteiger partial charge is 0.334 e. The van der Waals surface area contributed by atoms with Crippen molar-refractivity contribution in [3.8, 4) is 0 Å². The zero-order chi connectivity index (χ0) is 17.2. The first kappa shape index (κ1) is 16.8. The normalized spacial score (nSPS) is 19.3. The molecule has 0 aromatic heterocycles. The molecule has 1 aliphatic rings. The van der Waals surface area contributed by atoms with Crippen molar-refractivity contribution in [2.75, 3.05) is 25.1 Å². The average Bonchev–Trinajstić information content (AvgIpc) is 2.91. The molecule has 1 heterocycles. The van der Waals surface area contributed by atoms with Crippen molar-refractivity contribution in [1.82, 2.24) is 10.2 Å². The highest BCUT2D eigenvalue weighted by Crippen LogP contribution is 2.19. The molecule has 2 aromatic rings. The molecule has 0 aliphatic carbocycles. The van der Waals surface area contributed by atoms with E-state index in [2.05, 4.69) is 29.6 Å². The molecule has 1 N–H and O–H groups in total. The Morgan fingerprint density at radius 3 is 2.71 bits per heavy atom. The number of benzene rings is 2. The van der Waals surface area contributed by atoms with Crippen molar-refractivity contribution in [3.05, 3.63) is 48.0 Å². The van der Waals surface area contributed by atoms with Gasteiger partial charge < -0.3 is 10.2 Å². The number of carbonyl (C=O) groups excluding carboxylic acids is 1. The molecule has 0 bridgehead atoms. The van der Waals surface area contributed by atoms with E-state index in [0.29, 0.717) is 13.0 Å². The van der Waals surface area contributed by atoms with Crippen LogP contribution in [0.4, 0.5) is 4.79 Å². The van der Waals surface area contributed by atoms with Gasteiger partial charge in [-0.25, -0.2) is 13.2 Å². The topological polar surface area (TPSA) is 66.5 Å². The summed E-state index contributed by atoms with van der Waals surface area (Å²) in [7, 11) is -1.24. The molecule has 1 aliphatic heterocycles. The third-order valence-electron chi connectivity index (χ3n) is 4.50. The van der Waals surface area contributed by atoms with E-state index in [1.165, 1.54) is 16.3 Å². The van der Waals surface area contributed by atoms with Crippen molar-refractivity contribution in [3.63, 3.8) is 0 Å². The van der Waals surface area contributed by atoms with E-state index in [1.807, 2.05) is 18.2 Å². The number of urea groups is 1. The first-order valence-electron chi connectivity index (χ1n) is 8.13. The molecule has 1 atom stereocenters. The number of amides is 2. The van der Waals surface area contributed by atoms with Crippen LogP contribution in [0.15, 0.2) is 42.5 Å². The Morgan fingerprint density at radius 1 is 1.21 bits per heavy atom. The second kappa shape index (κ2) is 6.81. The Morgan fingerprint density at radius 2 is 1.96 bits per heavy atom. The van der Waals surface area contributed by atoms with Crippen LogP contribution in [0, 0.1) is 0 Å². The molecule has 6 heteroatoms. The van der Waals surface area contributed by atoms with Crippen LogP contribution in [-0.2, 0) is 16.3 Å². The summed E-state index contributed by atoms with van der Waals surface area (Å²) in [5.74, 6) is 0.216. The van der Waals surface area contributed by atoms with Crippen LogP contribution in [-0.4, -0.2) is 50.5 Å². The number of sulfone groups is 1. The highest BCUT2D eigenvalue weighted by molar-refractivity contribution is 7.91. The molecule has 1 saturated heterocycles. The SMILES string of the molecule is CN(CCc1cccc2ccccc12)C(=O)N[C@@H]1CCS(=O)(=O)C1. The zero-order valence-corrected chi connectivity index (χ0v) is 14.6. The van der Waals surface area contributed by atoms with E-state index >= 15 is 0 Å². The van der Waals surface area contributed by atoms with E-state index in [9.17, 15) is 13.2 Å². The lowest BCUT2D eigenvalue weighted by Crippen LogP contribution is -2.44. The number of likely N-dealkylation sites (N-methyl/N-ethyl adjacent to an activating group) is 1. The van der Waals surface area contributed by atoms with Gasteiger partial charge in [0.25, 0.3) is 0 Å². The molecule has 2 aromatic carbocycles. The van der Waals surface area contributed by atoms with Crippen LogP contribution in [0.25, 0.3) is 10.8 Å². The number of fused-ring (bicyclic) bond motifs is 1. The minimum atomic E-state index is -2.98. The van der Waals surface area contributed by atoms with E-state index in [4.69, 9.17) is 0 Å². The molecule has 2 amide bonds. The molecule has 3 rings (SSSR count). The van der Waals surface area contributed by atoms with Crippen LogP contribution in [0.3, 0.4) is 0 Å². The van der Waals surface area contributed by atoms with Gasteiger partial charge in [0.2, 0.25) is 0 Å². The van der Waals surface area contributed by atoms with Crippen molar-refractivity contribution in [1.29, 1.82) is 0 Å². The molecular formula is C18H22N2O3S. The quantitative estimate of drug-likeness (QED) is 0.923. The number of hydrogen-bond acceptors (Lipinski definition) is 3. The molecule has 24 heavy (non-hydrogen) atoms. The van der Waals surface area contributed by atoms with Crippen LogP contribution in [0.5, 0.6) is 0 Å². The third-order valence-corrected chi connectivity index (χ3v) is 6.27. The van der Waals surface area contributed by atoms with Gasteiger partial charge in [-0.2, -0.15) is 0 Å². The van der Waals surface area contributed by atoms with E-state index in [-0.39, 0.29) is 23.6 Å². The summed E-state index contributed by atoms with van der Waals surface area (Å²) >= 11 is 0. The zero-order valence-electron chi connectivity index (χ0n) is 13.7. The van der Waals surface area contributed by atoms with Gasteiger partial charge in [-0.05, 0) is 29.2 Å². The highest BCUT2D eigenvalue weighted by atomic mass is 32.2. The van der Waals surface area contributed by atoms with Gasteiger partial charge in [0.05, 0.1) is 11.5 Å². The van der Waals surface area contributed by atoms with Crippen LogP contribution in [0.2, 0.25) is 0 Å². The number of nitrogens with zero attached hydrogens (tertiary/aromatic N) is 1. The number of hydrogen-bond donors (Lipinski definition) is 1. The minimum absolute atomic E-state index is 0.0515. The maximum absolute atomic E-state index is 12.2. The lowest BCUT2D eigenvalue weighted by Gasteiger charge is -2.20. The monoisotopic (exact) mass is 346 g/mol. The summed E-state index contributed by atoms with van der Waals surface area (Å²) in [6.07, 6.45) is 1.26. The molecule has 0 radical (unpaired) electrons. The van der Waals surface area contributed by atoms with Gasteiger partial charge in [-0.3, -0.25) is 0 Å². The predicted octanol–water partition coefficient (Wildman–Crippen LogP) is 2.21. The second-order valence-electron chi connectivity index (χ2n) is 6.36. The highest BCUT2D eigenvalue weighted by Gasteiger charge is 2.29. The van der Waals surface area contributed by atoms with Gasteiger partial charge in [0.1, 0.15) is 0 Å². The molecule has 0 saturated carbocycles. The summed E-state index contributed by atoms with van der Waals surface area (Å²) in [6, 6.07) is 13.9. The maximum atomic E-state index is 12.2. The number of carbonyl (C=O) groups is 1. The lowest BCUT2D eigenvalue weighted by atomic mass is 10.0. The van der Waals surface area contributed by atoms with Gasteiger partial charge in [0, 0.05) is 19.6 Å². The van der Waals surface area contributed by atoms with Crippen molar-refractivity contribution in [2.24, 2.45) is 0 Å². The summed E-state index contributed by atoms with van der Waals surface area (Å²) < 4.78 is 22.9. The summed E-state index contributed by atoms with van der Waals surface area (Å²) in [6.45, 7) is 0.583. The fraction of sp³-hybridized carbons (Fsp3) is 0.389. The lowest BCUT2D eigenvalue weighted by molar-refractivity contribution is 0.206. The number of rotatable bonds is 4. The van der Waals surface area contributed by atoms with Crippen LogP contribution in [0.1, 0.15) is 12.0 Å². The fourth-order valence-corrected chi connectivity index (χ4v) is 4.77. The molecular weight excluding hydrogens is 324 g/mol. The predicted molar refractivity (Wildman–Crippen MR) is 95.9 cm³/mol. The Bertz CT molecular complexity index is 843. The van der Waals surface area contributed by atoms with Crippen molar-refractivity contribution < 1.29 is 13.2 Å². The third kappa shape index (κ3) is 3.87.